The third-order valence-corrected chi connectivity index (χ3v) is 3.50. The van der Waals surface area contributed by atoms with Crippen molar-refractivity contribution in [3.63, 3.8) is 0 Å². The van der Waals surface area contributed by atoms with E-state index in [1.165, 1.54) is 0 Å². The van der Waals surface area contributed by atoms with E-state index in [1.54, 1.807) is 31.4 Å². The van der Waals surface area contributed by atoms with Crippen LogP contribution in [0.15, 0.2) is 48.0 Å². The van der Waals surface area contributed by atoms with Gasteiger partial charge in [0.05, 0.1) is 7.11 Å². The molecule has 0 heterocycles. The van der Waals surface area contributed by atoms with Crippen LogP contribution in [0.25, 0.3) is 6.08 Å². The minimum absolute atomic E-state index is 0.0304. The summed E-state index contributed by atoms with van der Waals surface area (Å²) in [7, 11) is 1.57. The summed E-state index contributed by atoms with van der Waals surface area (Å²) in [5.74, 6) is 0.822. The Balaban J connectivity index is 2.01. The SMILES string of the molecule is COc1ccc(O)c(/C=C2\Cc3ccccc3C2=O)c1. The number of hydrogen-bond acceptors (Lipinski definition) is 3. The number of methoxy groups -OCH3 is 1. The molecule has 20 heavy (non-hydrogen) atoms. The second-order valence-corrected chi connectivity index (χ2v) is 4.76. The summed E-state index contributed by atoms with van der Waals surface area (Å²) < 4.78 is 5.14. The van der Waals surface area contributed by atoms with E-state index in [1.807, 2.05) is 24.3 Å². The van der Waals surface area contributed by atoms with Crippen molar-refractivity contribution in [2.45, 2.75) is 6.42 Å². The average molecular weight is 266 g/mol. The second kappa shape index (κ2) is 4.85. The summed E-state index contributed by atoms with van der Waals surface area (Å²) in [5.41, 5.74) is 3.07. The van der Waals surface area contributed by atoms with Crippen molar-refractivity contribution >= 4 is 11.9 Å². The average Bonchev–Trinajstić information content (AvgIpc) is 2.78. The van der Waals surface area contributed by atoms with Crippen LogP contribution in [0, 0.1) is 0 Å². The van der Waals surface area contributed by atoms with Gasteiger partial charge in [-0.1, -0.05) is 24.3 Å². The van der Waals surface area contributed by atoms with Gasteiger partial charge in [-0.25, -0.2) is 0 Å². The summed E-state index contributed by atoms with van der Waals surface area (Å²) in [6, 6.07) is 12.6. The van der Waals surface area contributed by atoms with E-state index in [0.29, 0.717) is 23.3 Å². The number of rotatable bonds is 2. The summed E-state index contributed by atoms with van der Waals surface area (Å²) >= 11 is 0. The molecular formula is C17H14O3. The second-order valence-electron chi connectivity index (χ2n) is 4.76. The number of ether oxygens (including phenoxy) is 1. The zero-order valence-corrected chi connectivity index (χ0v) is 11.1. The van der Waals surface area contributed by atoms with E-state index in [4.69, 9.17) is 4.74 Å². The van der Waals surface area contributed by atoms with Crippen molar-refractivity contribution in [2.75, 3.05) is 7.11 Å². The smallest absolute Gasteiger partial charge is 0.189 e. The first-order valence-electron chi connectivity index (χ1n) is 6.39. The van der Waals surface area contributed by atoms with Crippen LogP contribution in [0.4, 0.5) is 0 Å². The molecule has 0 atom stereocenters. The van der Waals surface area contributed by atoms with Gasteiger partial charge in [-0.2, -0.15) is 0 Å². The fourth-order valence-corrected chi connectivity index (χ4v) is 2.43. The first-order chi connectivity index (χ1) is 9.69. The summed E-state index contributed by atoms with van der Waals surface area (Å²) in [5, 5.41) is 9.88. The predicted octanol–water partition coefficient (Wildman–Crippen LogP) is 3.22. The van der Waals surface area contributed by atoms with Crippen LogP contribution in [0.5, 0.6) is 11.5 Å². The van der Waals surface area contributed by atoms with Crippen LogP contribution < -0.4 is 4.74 Å². The van der Waals surface area contributed by atoms with Gasteiger partial charge in [0.15, 0.2) is 5.78 Å². The summed E-state index contributed by atoms with van der Waals surface area (Å²) in [6.45, 7) is 0. The van der Waals surface area contributed by atoms with Crippen molar-refractivity contribution in [3.05, 3.63) is 64.7 Å². The van der Waals surface area contributed by atoms with Gasteiger partial charge in [0.25, 0.3) is 0 Å². The van der Waals surface area contributed by atoms with Crippen LogP contribution >= 0.6 is 0 Å². The lowest BCUT2D eigenvalue weighted by molar-refractivity contribution is 0.104. The number of hydrogen-bond donors (Lipinski definition) is 1. The molecule has 0 unspecified atom stereocenters. The highest BCUT2D eigenvalue weighted by Crippen LogP contribution is 2.31. The normalized spacial score (nSPS) is 15.4. The zero-order chi connectivity index (χ0) is 14.1. The fraction of sp³-hybridized carbons (Fsp3) is 0.118. The maximum absolute atomic E-state index is 12.3. The van der Waals surface area contributed by atoms with Gasteiger partial charge in [-0.05, 0) is 29.8 Å². The molecule has 100 valence electrons. The van der Waals surface area contributed by atoms with Gasteiger partial charge >= 0.3 is 0 Å². The van der Waals surface area contributed by atoms with Crippen molar-refractivity contribution in [1.82, 2.24) is 0 Å². The first-order valence-corrected chi connectivity index (χ1v) is 6.39. The van der Waals surface area contributed by atoms with Gasteiger partial charge in [0.1, 0.15) is 11.5 Å². The third kappa shape index (κ3) is 2.07. The number of benzene rings is 2. The Labute approximate surface area is 117 Å². The molecule has 0 aromatic heterocycles. The van der Waals surface area contributed by atoms with Gasteiger partial charge in [0.2, 0.25) is 0 Å². The number of ketones is 1. The first kappa shape index (κ1) is 12.5. The van der Waals surface area contributed by atoms with Crippen molar-refractivity contribution in [2.24, 2.45) is 0 Å². The number of carbonyl (C=O) groups excluding carboxylic acids is 1. The molecule has 0 saturated carbocycles. The van der Waals surface area contributed by atoms with Gasteiger partial charge in [0, 0.05) is 23.1 Å². The fourth-order valence-electron chi connectivity index (χ4n) is 2.43. The van der Waals surface area contributed by atoms with Crippen LogP contribution in [0.2, 0.25) is 0 Å². The Bertz CT molecular complexity index is 714. The molecule has 2 aromatic carbocycles. The topological polar surface area (TPSA) is 46.5 Å². The molecule has 0 radical (unpaired) electrons. The summed E-state index contributed by atoms with van der Waals surface area (Å²) in [4.78, 5) is 12.3. The standard InChI is InChI=1S/C17H14O3/c1-20-14-6-7-16(18)12(10-14)9-13-8-11-4-2-3-5-15(11)17(13)19/h2-7,9-10,18H,8H2,1H3/b13-9+. The van der Waals surface area contributed by atoms with E-state index in [2.05, 4.69) is 0 Å². The van der Waals surface area contributed by atoms with Gasteiger partial charge < -0.3 is 9.84 Å². The Morgan fingerprint density at radius 3 is 2.75 bits per heavy atom. The summed E-state index contributed by atoms with van der Waals surface area (Å²) in [6.07, 6.45) is 2.34. The molecular weight excluding hydrogens is 252 g/mol. The molecule has 1 aliphatic carbocycles. The molecule has 1 N–H and O–H groups in total. The van der Waals surface area contributed by atoms with E-state index in [0.717, 1.165) is 11.1 Å². The molecule has 3 nitrogen and oxygen atoms in total. The van der Waals surface area contributed by atoms with Gasteiger partial charge in [-0.15, -0.1) is 0 Å². The Hall–Kier alpha value is -2.55. The number of carbonyl (C=O) groups is 1. The lowest BCUT2D eigenvalue weighted by Crippen LogP contribution is -1.95. The largest absolute Gasteiger partial charge is 0.507 e. The van der Waals surface area contributed by atoms with E-state index in [9.17, 15) is 9.90 Å². The number of phenolic OH excluding ortho intramolecular Hbond substituents is 1. The van der Waals surface area contributed by atoms with Crippen LogP contribution in [-0.4, -0.2) is 18.0 Å². The lowest BCUT2D eigenvalue weighted by atomic mass is 10.1. The maximum Gasteiger partial charge on any atom is 0.189 e. The van der Waals surface area contributed by atoms with Gasteiger partial charge in [-0.3, -0.25) is 4.79 Å². The van der Waals surface area contributed by atoms with Crippen LogP contribution in [0.1, 0.15) is 21.5 Å². The molecule has 1 aliphatic rings. The molecule has 0 bridgehead atoms. The number of Topliss-reactive ketones (excluding diaryl/α,β-unsaturated/α-hetero) is 1. The van der Waals surface area contributed by atoms with Crippen molar-refractivity contribution < 1.29 is 14.6 Å². The number of allylic oxidation sites excluding steroid dienone is 1. The number of aromatic hydroxyl groups is 1. The minimum atomic E-state index is 0.0304. The van der Waals surface area contributed by atoms with Crippen molar-refractivity contribution in [3.8, 4) is 11.5 Å². The van der Waals surface area contributed by atoms with Crippen molar-refractivity contribution in [1.29, 1.82) is 0 Å². The lowest BCUT2D eigenvalue weighted by Gasteiger charge is -2.04. The van der Waals surface area contributed by atoms with E-state index in [-0.39, 0.29) is 11.5 Å². The highest BCUT2D eigenvalue weighted by atomic mass is 16.5. The third-order valence-electron chi connectivity index (χ3n) is 3.50. The number of fused-ring (bicyclic) bond motifs is 1. The highest BCUT2D eigenvalue weighted by Gasteiger charge is 2.24. The monoisotopic (exact) mass is 266 g/mol. The van der Waals surface area contributed by atoms with E-state index >= 15 is 0 Å². The molecule has 3 rings (SSSR count). The molecule has 0 aliphatic heterocycles. The van der Waals surface area contributed by atoms with Crippen LogP contribution in [0.3, 0.4) is 0 Å². The molecule has 0 saturated heterocycles. The maximum atomic E-state index is 12.3. The van der Waals surface area contributed by atoms with Crippen LogP contribution in [-0.2, 0) is 6.42 Å². The predicted molar refractivity (Wildman–Crippen MR) is 77.1 cm³/mol. The Morgan fingerprint density at radius 1 is 1.20 bits per heavy atom. The zero-order valence-electron chi connectivity index (χ0n) is 11.1. The number of phenols is 1. The Morgan fingerprint density at radius 2 is 2.00 bits per heavy atom. The minimum Gasteiger partial charge on any atom is -0.507 e. The Kier molecular flexibility index (Phi) is 3.03. The quantitative estimate of drug-likeness (QED) is 0.849. The molecule has 3 heteroatoms. The molecule has 0 fully saturated rings. The molecule has 2 aromatic rings. The van der Waals surface area contributed by atoms with E-state index < -0.39 is 0 Å². The molecule has 0 amide bonds. The highest BCUT2D eigenvalue weighted by molar-refractivity contribution is 6.15. The molecule has 0 spiro atoms.